The van der Waals surface area contributed by atoms with E-state index in [-0.39, 0.29) is 5.82 Å². The van der Waals surface area contributed by atoms with E-state index in [1.54, 1.807) is 0 Å². The average molecular weight is 259 g/mol. The molecule has 0 spiro atoms. The van der Waals surface area contributed by atoms with Gasteiger partial charge in [0.25, 0.3) is 0 Å². The van der Waals surface area contributed by atoms with Gasteiger partial charge < -0.3 is 9.88 Å². The molecule has 0 saturated heterocycles. The van der Waals surface area contributed by atoms with Crippen LogP contribution in [-0.2, 0) is 0 Å². The van der Waals surface area contributed by atoms with Crippen molar-refractivity contribution >= 4 is 5.95 Å². The minimum Gasteiger partial charge on any atom is -0.353 e. The fraction of sp³-hybridized carbons (Fsp3) is 0.400. The van der Waals surface area contributed by atoms with Crippen LogP contribution in [0.15, 0.2) is 24.3 Å². The highest BCUT2D eigenvalue weighted by atomic mass is 19.1. The fourth-order valence-electron chi connectivity index (χ4n) is 2.93. The first-order valence-electron chi connectivity index (χ1n) is 6.67. The zero-order valence-corrected chi connectivity index (χ0v) is 11.4. The molecule has 4 heteroatoms. The number of hydrogen-bond donors (Lipinski definition) is 1. The molecule has 2 unspecified atom stereocenters. The summed E-state index contributed by atoms with van der Waals surface area (Å²) < 4.78 is 15.3. The van der Waals surface area contributed by atoms with Gasteiger partial charge in [-0.05, 0) is 51.5 Å². The van der Waals surface area contributed by atoms with Gasteiger partial charge in [-0.25, -0.2) is 9.37 Å². The first kappa shape index (κ1) is 12.2. The number of fused-ring (bicyclic) bond motifs is 1. The molecule has 1 aromatic carbocycles. The Bertz CT molecular complexity index is 601. The third kappa shape index (κ3) is 2.01. The van der Waals surface area contributed by atoms with Gasteiger partial charge in [0.1, 0.15) is 5.82 Å². The van der Waals surface area contributed by atoms with E-state index in [4.69, 9.17) is 0 Å². The quantitative estimate of drug-likeness (QED) is 0.845. The first-order valence-corrected chi connectivity index (χ1v) is 6.67. The molecule has 1 aliphatic heterocycles. The zero-order valence-electron chi connectivity index (χ0n) is 11.4. The van der Waals surface area contributed by atoms with Crippen molar-refractivity contribution in [3.05, 3.63) is 35.8 Å². The molecule has 0 amide bonds. The van der Waals surface area contributed by atoms with Gasteiger partial charge in [-0.1, -0.05) is 0 Å². The molecule has 2 aromatic rings. The van der Waals surface area contributed by atoms with Crippen LogP contribution in [0, 0.1) is 12.7 Å². The molecule has 0 aliphatic carbocycles. The highest BCUT2D eigenvalue weighted by molar-refractivity contribution is 5.66. The van der Waals surface area contributed by atoms with Gasteiger partial charge in [-0.15, -0.1) is 0 Å². The summed E-state index contributed by atoms with van der Waals surface area (Å²) in [6.07, 6.45) is 1.07. The maximum Gasteiger partial charge on any atom is 0.204 e. The Labute approximate surface area is 112 Å². The van der Waals surface area contributed by atoms with Crippen LogP contribution >= 0.6 is 0 Å². The second-order valence-electron chi connectivity index (χ2n) is 5.38. The Morgan fingerprint density at radius 3 is 2.63 bits per heavy atom. The van der Waals surface area contributed by atoms with Crippen LogP contribution in [0.1, 0.15) is 32.0 Å². The van der Waals surface area contributed by atoms with Gasteiger partial charge in [-0.3, -0.25) is 0 Å². The third-order valence-electron chi connectivity index (χ3n) is 3.71. The second kappa shape index (κ2) is 4.37. The molecule has 100 valence electrons. The number of halogens is 1. The zero-order chi connectivity index (χ0) is 13.6. The molecule has 0 saturated carbocycles. The molecule has 19 heavy (non-hydrogen) atoms. The van der Waals surface area contributed by atoms with E-state index in [2.05, 4.69) is 28.7 Å². The maximum absolute atomic E-state index is 13.1. The van der Waals surface area contributed by atoms with E-state index in [0.717, 1.165) is 29.3 Å². The van der Waals surface area contributed by atoms with E-state index < -0.39 is 0 Å². The lowest BCUT2D eigenvalue weighted by Crippen LogP contribution is -2.28. The van der Waals surface area contributed by atoms with E-state index in [9.17, 15) is 4.39 Å². The molecule has 3 rings (SSSR count). The van der Waals surface area contributed by atoms with Crippen LogP contribution in [0.3, 0.4) is 0 Å². The standard InChI is InChI=1S/C15H18FN3/c1-9-8-10(2)19-14(11(3)18-15(19)17-9)12-4-6-13(16)7-5-12/h4-7,9-10H,8H2,1-3H3,(H,17,18). The first-order chi connectivity index (χ1) is 9.06. The van der Waals surface area contributed by atoms with Crippen molar-refractivity contribution < 1.29 is 4.39 Å². The van der Waals surface area contributed by atoms with Crippen LogP contribution in [0.25, 0.3) is 11.3 Å². The van der Waals surface area contributed by atoms with Crippen molar-refractivity contribution in [2.75, 3.05) is 5.32 Å². The Balaban J connectivity index is 2.14. The van der Waals surface area contributed by atoms with Crippen molar-refractivity contribution in [3.63, 3.8) is 0 Å². The maximum atomic E-state index is 13.1. The molecule has 3 nitrogen and oxygen atoms in total. The fourth-order valence-corrected chi connectivity index (χ4v) is 2.93. The lowest BCUT2D eigenvalue weighted by molar-refractivity contribution is 0.452. The van der Waals surface area contributed by atoms with Crippen LogP contribution in [0.4, 0.5) is 10.3 Å². The molecule has 1 aromatic heterocycles. The number of benzene rings is 1. The molecule has 0 fully saturated rings. The summed E-state index contributed by atoms with van der Waals surface area (Å²) in [6.45, 7) is 6.37. The van der Waals surface area contributed by atoms with Gasteiger partial charge >= 0.3 is 0 Å². The summed E-state index contributed by atoms with van der Waals surface area (Å²) in [5.74, 6) is 0.711. The number of rotatable bonds is 1. The monoisotopic (exact) mass is 259 g/mol. The molecule has 2 heterocycles. The Hall–Kier alpha value is -1.84. The van der Waals surface area contributed by atoms with Crippen LogP contribution in [0.2, 0.25) is 0 Å². The molecular formula is C15H18FN3. The smallest absolute Gasteiger partial charge is 0.204 e. The van der Waals surface area contributed by atoms with Crippen molar-refractivity contribution in [1.82, 2.24) is 9.55 Å². The number of nitrogens with one attached hydrogen (secondary N) is 1. The largest absolute Gasteiger partial charge is 0.353 e. The van der Waals surface area contributed by atoms with Crippen LogP contribution in [-0.4, -0.2) is 15.6 Å². The normalized spacial score (nSPS) is 21.9. The summed E-state index contributed by atoms with van der Waals surface area (Å²) in [5.41, 5.74) is 3.08. The van der Waals surface area contributed by atoms with Gasteiger partial charge in [0, 0.05) is 17.6 Å². The predicted molar refractivity (Wildman–Crippen MR) is 74.8 cm³/mol. The van der Waals surface area contributed by atoms with Gasteiger partial charge in [0.05, 0.1) is 11.4 Å². The minimum atomic E-state index is -0.209. The van der Waals surface area contributed by atoms with E-state index in [1.165, 1.54) is 12.1 Å². The van der Waals surface area contributed by atoms with Crippen molar-refractivity contribution in [1.29, 1.82) is 0 Å². The lowest BCUT2D eigenvalue weighted by Gasteiger charge is -2.29. The summed E-state index contributed by atoms with van der Waals surface area (Å²) in [4.78, 5) is 4.61. The Morgan fingerprint density at radius 1 is 1.26 bits per heavy atom. The van der Waals surface area contributed by atoms with Crippen molar-refractivity contribution in [2.45, 2.75) is 39.3 Å². The van der Waals surface area contributed by atoms with Gasteiger partial charge in [-0.2, -0.15) is 0 Å². The van der Waals surface area contributed by atoms with Crippen molar-refractivity contribution in [3.8, 4) is 11.3 Å². The van der Waals surface area contributed by atoms with Crippen LogP contribution < -0.4 is 5.32 Å². The number of hydrogen-bond acceptors (Lipinski definition) is 2. The number of nitrogens with zero attached hydrogens (tertiary/aromatic N) is 2. The SMILES string of the molecule is Cc1nc2n(c1-c1ccc(F)cc1)C(C)CC(C)N2. The molecule has 0 radical (unpaired) electrons. The molecule has 1 aliphatic rings. The Morgan fingerprint density at radius 2 is 1.95 bits per heavy atom. The molecule has 0 bridgehead atoms. The van der Waals surface area contributed by atoms with Gasteiger partial charge in [0.15, 0.2) is 0 Å². The van der Waals surface area contributed by atoms with E-state index in [1.807, 2.05) is 19.1 Å². The van der Waals surface area contributed by atoms with Gasteiger partial charge in [0.2, 0.25) is 5.95 Å². The third-order valence-corrected chi connectivity index (χ3v) is 3.71. The number of aromatic nitrogens is 2. The second-order valence-corrected chi connectivity index (χ2v) is 5.38. The Kier molecular flexibility index (Phi) is 2.81. The summed E-state index contributed by atoms with van der Waals surface area (Å²) in [5, 5.41) is 3.41. The van der Waals surface area contributed by atoms with Crippen molar-refractivity contribution in [2.24, 2.45) is 0 Å². The van der Waals surface area contributed by atoms with E-state index in [0.29, 0.717) is 12.1 Å². The molecule has 2 atom stereocenters. The topological polar surface area (TPSA) is 29.9 Å². The summed E-state index contributed by atoms with van der Waals surface area (Å²) >= 11 is 0. The summed E-state index contributed by atoms with van der Waals surface area (Å²) in [7, 11) is 0. The molecule has 1 N–H and O–H groups in total. The number of imidazole rings is 1. The number of aryl methyl sites for hydroxylation is 1. The van der Waals surface area contributed by atoms with Crippen LogP contribution in [0.5, 0.6) is 0 Å². The average Bonchev–Trinajstić information content (AvgIpc) is 2.66. The lowest BCUT2D eigenvalue weighted by atomic mass is 10.1. The minimum absolute atomic E-state index is 0.209. The highest BCUT2D eigenvalue weighted by Gasteiger charge is 2.26. The number of anilines is 1. The predicted octanol–water partition coefficient (Wildman–Crippen LogP) is 3.76. The molecular weight excluding hydrogens is 241 g/mol. The highest BCUT2D eigenvalue weighted by Crippen LogP contribution is 2.35. The van der Waals surface area contributed by atoms with E-state index >= 15 is 0 Å². The summed E-state index contributed by atoms with van der Waals surface area (Å²) in [6, 6.07) is 7.46.